The number of epoxide rings is 1. The van der Waals surface area contributed by atoms with Crippen LogP contribution in [0.3, 0.4) is 0 Å². The number of rotatable bonds is 0. The van der Waals surface area contributed by atoms with E-state index in [2.05, 4.69) is 0 Å². The molecule has 0 saturated carbocycles. The molecule has 0 radical (unpaired) electrons. The standard InChI is InChI=1S/C15H18O5/c1-8-5-4-6-14(3)12(19-14)11(16)10-9(2)13(17)20-15(10,18)7-8/h5,12,18H,4,6-7H2,1-3H3/b8-5+/t12-,14+,15+/m0/s1. The highest BCUT2D eigenvalue weighted by molar-refractivity contribution is 6.11. The van der Waals surface area contributed by atoms with Gasteiger partial charge in [0.15, 0.2) is 5.78 Å². The highest BCUT2D eigenvalue weighted by atomic mass is 16.7. The Bertz CT molecular complexity index is 573. The Morgan fingerprint density at radius 2 is 2.05 bits per heavy atom. The average Bonchev–Trinajstić information content (AvgIpc) is 2.93. The Morgan fingerprint density at radius 1 is 1.35 bits per heavy atom. The molecule has 3 atom stereocenters. The van der Waals surface area contributed by atoms with E-state index < -0.39 is 23.5 Å². The van der Waals surface area contributed by atoms with Crippen LogP contribution < -0.4 is 0 Å². The number of aliphatic hydroxyl groups is 1. The van der Waals surface area contributed by atoms with Crippen molar-refractivity contribution in [3.05, 3.63) is 22.8 Å². The summed E-state index contributed by atoms with van der Waals surface area (Å²) in [5.74, 6) is -2.80. The van der Waals surface area contributed by atoms with Crippen LogP contribution in [0.15, 0.2) is 22.8 Å². The van der Waals surface area contributed by atoms with Crippen molar-refractivity contribution in [1.82, 2.24) is 0 Å². The van der Waals surface area contributed by atoms with Gasteiger partial charge in [-0.3, -0.25) is 4.79 Å². The van der Waals surface area contributed by atoms with Gasteiger partial charge in [-0.25, -0.2) is 4.79 Å². The second-order valence-electron chi connectivity index (χ2n) is 6.11. The minimum Gasteiger partial charge on any atom is -0.425 e. The summed E-state index contributed by atoms with van der Waals surface area (Å²) in [6.45, 7) is 5.25. The largest absolute Gasteiger partial charge is 0.425 e. The predicted octanol–water partition coefficient (Wildman–Crippen LogP) is 1.41. The van der Waals surface area contributed by atoms with Gasteiger partial charge in [-0.1, -0.05) is 11.6 Å². The molecule has 5 nitrogen and oxygen atoms in total. The van der Waals surface area contributed by atoms with Crippen molar-refractivity contribution in [1.29, 1.82) is 0 Å². The molecule has 0 aromatic rings. The molecule has 2 aliphatic heterocycles. The predicted molar refractivity (Wildman–Crippen MR) is 69.6 cm³/mol. The number of fused-ring (bicyclic) bond motifs is 2. The topological polar surface area (TPSA) is 76.1 Å². The van der Waals surface area contributed by atoms with Crippen LogP contribution >= 0.6 is 0 Å². The molecule has 1 saturated heterocycles. The van der Waals surface area contributed by atoms with E-state index in [4.69, 9.17) is 9.47 Å². The highest BCUT2D eigenvalue weighted by Gasteiger charge is 2.61. The second kappa shape index (κ2) is 4.02. The van der Waals surface area contributed by atoms with Gasteiger partial charge in [-0.15, -0.1) is 0 Å². The van der Waals surface area contributed by atoms with Crippen LogP contribution in [0.25, 0.3) is 0 Å². The van der Waals surface area contributed by atoms with Crippen LogP contribution in [-0.2, 0) is 19.1 Å². The molecule has 0 amide bonds. The van der Waals surface area contributed by atoms with Gasteiger partial charge in [-0.2, -0.15) is 0 Å². The first-order valence-corrected chi connectivity index (χ1v) is 6.81. The molecule has 1 aliphatic carbocycles. The number of allylic oxidation sites excluding steroid dienone is 1. The Morgan fingerprint density at radius 3 is 2.75 bits per heavy atom. The molecular weight excluding hydrogens is 260 g/mol. The number of carbonyl (C=O) groups excluding carboxylic acids is 2. The van der Waals surface area contributed by atoms with Gasteiger partial charge in [0.2, 0.25) is 5.79 Å². The summed E-state index contributed by atoms with van der Waals surface area (Å²) in [5, 5.41) is 10.6. The first kappa shape index (κ1) is 13.5. The molecule has 0 spiro atoms. The minimum absolute atomic E-state index is 0.0610. The van der Waals surface area contributed by atoms with Crippen molar-refractivity contribution >= 4 is 11.8 Å². The lowest BCUT2D eigenvalue weighted by atomic mass is 9.86. The van der Waals surface area contributed by atoms with E-state index in [0.717, 1.165) is 18.4 Å². The quantitative estimate of drug-likeness (QED) is 0.412. The molecule has 3 rings (SSSR count). The first-order valence-electron chi connectivity index (χ1n) is 6.81. The number of hydrogen-bond donors (Lipinski definition) is 1. The van der Waals surface area contributed by atoms with E-state index in [1.54, 1.807) is 0 Å². The lowest BCUT2D eigenvalue weighted by Gasteiger charge is -2.25. The zero-order valence-electron chi connectivity index (χ0n) is 11.9. The van der Waals surface area contributed by atoms with E-state index >= 15 is 0 Å². The Kier molecular flexibility index (Phi) is 2.72. The van der Waals surface area contributed by atoms with Gasteiger partial charge in [-0.05, 0) is 33.6 Å². The molecule has 20 heavy (non-hydrogen) atoms. The molecule has 0 unspecified atom stereocenters. The first-order chi connectivity index (χ1) is 9.27. The maximum Gasteiger partial charge on any atom is 0.337 e. The van der Waals surface area contributed by atoms with Gasteiger partial charge >= 0.3 is 5.97 Å². The SMILES string of the molecule is CC1=C2C(=O)[C@@H]3O[C@]3(C)CC/C=C(\C)C[C@@]2(O)OC1=O. The number of hydrogen-bond acceptors (Lipinski definition) is 5. The average molecular weight is 278 g/mol. The zero-order valence-corrected chi connectivity index (χ0v) is 11.9. The fraction of sp³-hybridized carbons (Fsp3) is 0.600. The lowest BCUT2D eigenvalue weighted by molar-refractivity contribution is -0.181. The third-order valence-corrected chi connectivity index (χ3v) is 4.35. The third kappa shape index (κ3) is 1.84. The second-order valence-corrected chi connectivity index (χ2v) is 6.11. The Labute approximate surface area is 117 Å². The van der Waals surface area contributed by atoms with Gasteiger partial charge < -0.3 is 14.6 Å². The number of ether oxygens (including phenoxy) is 2. The molecule has 1 fully saturated rings. The molecular formula is C15H18O5. The summed E-state index contributed by atoms with van der Waals surface area (Å²) in [6.07, 6.45) is 3.06. The normalized spacial score (nSPS) is 43.4. The fourth-order valence-corrected chi connectivity index (χ4v) is 3.12. The van der Waals surface area contributed by atoms with Gasteiger partial charge in [0, 0.05) is 12.0 Å². The zero-order chi connectivity index (χ0) is 14.7. The van der Waals surface area contributed by atoms with Crippen LogP contribution in [0.4, 0.5) is 0 Å². The molecule has 0 aromatic carbocycles. The monoisotopic (exact) mass is 278 g/mol. The van der Waals surface area contributed by atoms with E-state index in [1.165, 1.54) is 6.92 Å². The molecule has 108 valence electrons. The molecule has 3 aliphatic rings. The van der Waals surface area contributed by atoms with Crippen LogP contribution in [0.1, 0.15) is 40.0 Å². The third-order valence-electron chi connectivity index (χ3n) is 4.35. The van der Waals surface area contributed by atoms with Crippen molar-refractivity contribution in [3.63, 3.8) is 0 Å². The van der Waals surface area contributed by atoms with Crippen LogP contribution in [0.2, 0.25) is 0 Å². The molecule has 1 N–H and O–H groups in total. The summed E-state index contributed by atoms with van der Waals surface area (Å²) < 4.78 is 10.6. The lowest BCUT2D eigenvalue weighted by Crippen LogP contribution is -2.38. The maximum atomic E-state index is 12.6. The summed E-state index contributed by atoms with van der Waals surface area (Å²) in [7, 11) is 0. The van der Waals surface area contributed by atoms with Crippen LogP contribution in [-0.4, -0.2) is 34.4 Å². The maximum absolute atomic E-state index is 12.6. The van der Waals surface area contributed by atoms with E-state index in [9.17, 15) is 14.7 Å². The Balaban J connectivity index is 2.08. The van der Waals surface area contributed by atoms with E-state index in [1.807, 2.05) is 19.9 Å². The highest BCUT2D eigenvalue weighted by Crippen LogP contribution is 2.47. The summed E-state index contributed by atoms with van der Waals surface area (Å²) >= 11 is 0. The summed E-state index contributed by atoms with van der Waals surface area (Å²) in [4.78, 5) is 24.3. The number of carbonyl (C=O) groups is 2. The number of ketones is 1. The number of esters is 1. The molecule has 0 aromatic heterocycles. The van der Waals surface area contributed by atoms with Crippen LogP contribution in [0, 0.1) is 0 Å². The molecule has 2 heterocycles. The van der Waals surface area contributed by atoms with Gasteiger partial charge in [0.05, 0.1) is 5.57 Å². The number of Topliss-reactive ketones (excluding diaryl/α,β-unsaturated/α-hetero) is 1. The fourth-order valence-electron chi connectivity index (χ4n) is 3.12. The van der Waals surface area contributed by atoms with E-state index in [0.29, 0.717) is 0 Å². The van der Waals surface area contributed by atoms with E-state index in [-0.39, 0.29) is 23.4 Å². The summed E-state index contributed by atoms with van der Waals surface area (Å²) in [5.41, 5.74) is 0.642. The smallest absolute Gasteiger partial charge is 0.337 e. The summed E-state index contributed by atoms with van der Waals surface area (Å²) in [6, 6.07) is 0. The van der Waals surface area contributed by atoms with Crippen molar-refractivity contribution < 1.29 is 24.2 Å². The Hall–Kier alpha value is -1.46. The molecule has 5 heteroatoms. The van der Waals surface area contributed by atoms with Crippen molar-refractivity contribution in [2.45, 2.75) is 57.5 Å². The van der Waals surface area contributed by atoms with Gasteiger partial charge in [0.25, 0.3) is 0 Å². The minimum atomic E-state index is -1.84. The van der Waals surface area contributed by atoms with Gasteiger partial charge in [0.1, 0.15) is 11.7 Å². The molecule has 0 bridgehead atoms. The van der Waals surface area contributed by atoms with Crippen molar-refractivity contribution in [2.75, 3.05) is 0 Å². The van der Waals surface area contributed by atoms with Crippen LogP contribution in [0.5, 0.6) is 0 Å². The van der Waals surface area contributed by atoms with Crippen molar-refractivity contribution in [2.24, 2.45) is 0 Å². The van der Waals surface area contributed by atoms with Crippen molar-refractivity contribution in [3.8, 4) is 0 Å².